The molecule has 0 N–H and O–H groups in total. The van der Waals surface area contributed by atoms with Crippen molar-refractivity contribution in [1.82, 2.24) is 29.9 Å². The van der Waals surface area contributed by atoms with E-state index in [2.05, 4.69) is 25.0 Å². The minimum Gasteiger partial charge on any atom is -0.337 e. The summed E-state index contributed by atoms with van der Waals surface area (Å²) in [6.45, 7) is 6.80. The highest BCUT2D eigenvalue weighted by Gasteiger charge is 2.28. The average Bonchev–Trinajstić information content (AvgIpc) is 3.24. The maximum absolute atomic E-state index is 12.5. The number of amides is 1. The normalized spacial score (nSPS) is 16.1. The number of aryl methyl sites for hydroxylation is 1. The van der Waals surface area contributed by atoms with E-state index >= 15 is 0 Å². The van der Waals surface area contributed by atoms with Crippen molar-refractivity contribution >= 4 is 5.91 Å². The molecule has 1 atom stereocenters. The van der Waals surface area contributed by atoms with Gasteiger partial charge in [0.05, 0.1) is 12.2 Å². The van der Waals surface area contributed by atoms with Crippen LogP contribution in [0.3, 0.4) is 0 Å². The molecule has 8 nitrogen and oxygen atoms in total. The molecule has 1 saturated heterocycles. The summed E-state index contributed by atoms with van der Waals surface area (Å²) in [6.07, 6.45) is 4.60. The molecule has 3 heterocycles. The minimum atomic E-state index is -0.0835. The second-order valence-electron chi connectivity index (χ2n) is 6.92. The van der Waals surface area contributed by atoms with Crippen molar-refractivity contribution in [3.63, 3.8) is 0 Å². The lowest BCUT2D eigenvalue weighted by Gasteiger charge is -2.36. The minimum absolute atomic E-state index is 0.0135. The fraction of sp³-hybridized carbons (Fsp3) is 0.350. The fourth-order valence-corrected chi connectivity index (χ4v) is 3.26. The van der Waals surface area contributed by atoms with Crippen LogP contribution in [-0.2, 0) is 0 Å². The van der Waals surface area contributed by atoms with Gasteiger partial charge in [0, 0.05) is 44.1 Å². The number of carbonyl (C=O) groups is 1. The first-order valence-corrected chi connectivity index (χ1v) is 9.32. The van der Waals surface area contributed by atoms with Gasteiger partial charge in [-0.1, -0.05) is 35.0 Å². The van der Waals surface area contributed by atoms with Crippen LogP contribution < -0.4 is 0 Å². The van der Waals surface area contributed by atoms with Crippen molar-refractivity contribution in [2.75, 3.05) is 26.2 Å². The number of piperazine rings is 1. The molecule has 0 saturated carbocycles. The molecule has 1 aliphatic rings. The molecular formula is C20H22N6O2. The van der Waals surface area contributed by atoms with E-state index in [9.17, 15) is 4.79 Å². The monoisotopic (exact) mass is 378 g/mol. The first kappa shape index (κ1) is 18.2. The zero-order valence-electron chi connectivity index (χ0n) is 15.9. The molecule has 0 aliphatic carbocycles. The Morgan fingerprint density at radius 1 is 1.11 bits per heavy atom. The van der Waals surface area contributed by atoms with E-state index in [1.807, 2.05) is 38.1 Å². The lowest BCUT2D eigenvalue weighted by molar-refractivity contribution is 0.0546. The average molecular weight is 378 g/mol. The Morgan fingerprint density at radius 2 is 1.86 bits per heavy atom. The molecular weight excluding hydrogens is 356 g/mol. The zero-order valence-corrected chi connectivity index (χ0v) is 15.9. The van der Waals surface area contributed by atoms with Gasteiger partial charge < -0.3 is 9.42 Å². The van der Waals surface area contributed by atoms with Gasteiger partial charge in [-0.2, -0.15) is 4.98 Å². The van der Waals surface area contributed by atoms with Crippen LogP contribution >= 0.6 is 0 Å². The van der Waals surface area contributed by atoms with Gasteiger partial charge in [-0.15, -0.1) is 0 Å². The Kier molecular flexibility index (Phi) is 5.12. The third-order valence-electron chi connectivity index (χ3n) is 5.04. The summed E-state index contributed by atoms with van der Waals surface area (Å²) < 4.78 is 5.51. The van der Waals surface area contributed by atoms with E-state index in [1.54, 1.807) is 11.1 Å². The van der Waals surface area contributed by atoms with Gasteiger partial charge in [0.15, 0.2) is 0 Å². The van der Waals surface area contributed by atoms with Crippen LogP contribution in [-0.4, -0.2) is 62.0 Å². The molecule has 0 spiro atoms. The van der Waals surface area contributed by atoms with Crippen molar-refractivity contribution in [3.05, 3.63) is 60.0 Å². The Morgan fingerprint density at radius 3 is 2.54 bits per heavy atom. The third-order valence-corrected chi connectivity index (χ3v) is 5.04. The molecule has 0 radical (unpaired) electrons. The van der Waals surface area contributed by atoms with Crippen LogP contribution in [0.4, 0.5) is 0 Å². The number of hydrogen-bond donors (Lipinski definition) is 0. The summed E-state index contributed by atoms with van der Waals surface area (Å²) in [5.41, 5.74) is 2.51. The van der Waals surface area contributed by atoms with Crippen molar-refractivity contribution < 1.29 is 9.32 Å². The second kappa shape index (κ2) is 7.85. The molecule has 144 valence electrons. The molecule has 2 aromatic heterocycles. The largest absolute Gasteiger partial charge is 0.337 e. The predicted molar refractivity (Wildman–Crippen MR) is 102 cm³/mol. The standard InChI is InChI=1S/C20H22N6O2/c1-14-3-5-16(6-4-14)18-23-19(28-24-18)15(2)25-9-11-26(12-10-25)20(27)17-13-21-7-8-22-17/h3-8,13,15H,9-12H2,1-2H3. The van der Waals surface area contributed by atoms with Crippen molar-refractivity contribution in [3.8, 4) is 11.4 Å². The van der Waals surface area contributed by atoms with Gasteiger partial charge >= 0.3 is 0 Å². The molecule has 4 rings (SSSR count). The van der Waals surface area contributed by atoms with Crippen LogP contribution in [0.2, 0.25) is 0 Å². The lowest BCUT2D eigenvalue weighted by Crippen LogP contribution is -2.49. The first-order valence-electron chi connectivity index (χ1n) is 9.32. The maximum Gasteiger partial charge on any atom is 0.274 e. The fourth-order valence-electron chi connectivity index (χ4n) is 3.26. The Balaban J connectivity index is 1.38. The Bertz CT molecular complexity index is 933. The molecule has 1 fully saturated rings. The highest BCUT2D eigenvalue weighted by molar-refractivity contribution is 5.92. The molecule has 0 bridgehead atoms. The maximum atomic E-state index is 12.5. The number of aromatic nitrogens is 4. The zero-order chi connectivity index (χ0) is 19.5. The quantitative estimate of drug-likeness (QED) is 0.688. The summed E-state index contributed by atoms with van der Waals surface area (Å²) in [7, 11) is 0. The van der Waals surface area contributed by atoms with Crippen LogP contribution in [0, 0.1) is 6.92 Å². The van der Waals surface area contributed by atoms with E-state index < -0.39 is 0 Å². The number of rotatable bonds is 4. The Labute approximate surface area is 163 Å². The molecule has 1 unspecified atom stereocenters. The van der Waals surface area contributed by atoms with Gasteiger partial charge in [-0.05, 0) is 13.8 Å². The van der Waals surface area contributed by atoms with Gasteiger partial charge in [0.25, 0.3) is 5.91 Å². The second-order valence-corrected chi connectivity index (χ2v) is 6.92. The van der Waals surface area contributed by atoms with Crippen molar-refractivity contribution in [2.45, 2.75) is 19.9 Å². The van der Waals surface area contributed by atoms with E-state index in [4.69, 9.17) is 4.52 Å². The van der Waals surface area contributed by atoms with Crippen LogP contribution in [0.1, 0.15) is 34.9 Å². The SMILES string of the molecule is Cc1ccc(-c2noc(C(C)N3CCN(C(=O)c4cnccn4)CC3)n2)cc1. The third kappa shape index (κ3) is 3.77. The summed E-state index contributed by atoms with van der Waals surface area (Å²) in [4.78, 5) is 29.2. The number of benzene rings is 1. The number of hydrogen-bond acceptors (Lipinski definition) is 7. The highest BCUT2D eigenvalue weighted by atomic mass is 16.5. The van der Waals surface area contributed by atoms with Crippen LogP contribution in [0.25, 0.3) is 11.4 Å². The molecule has 8 heteroatoms. The summed E-state index contributed by atoms with van der Waals surface area (Å²) in [5.74, 6) is 1.10. The van der Waals surface area contributed by atoms with Gasteiger partial charge in [0.2, 0.25) is 11.7 Å². The highest BCUT2D eigenvalue weighted by Crippen LogP contribution is 2.24. The molecule has 28 heavy (non-hydrogen) atoms. The summed E-state index contributed by atoms with van der Waals surface area (Å²) >= 11 is 0. The molecule has 1 amide bonds. The lowest BCUT2D eigenvalue weighted by atomic mass is 10.1. The van der Waals surface area contributed by atoms with Crippen LogP contribution in [0.15, 0.2) is 47.4 Å². The first-order chi connectivity index (χ1) is 13.6. The van der Waals surface area contributed by atoms with E-state index in [0.717, 1.165) is 18.7 Å². The van der Waals surface area contributed by atoms with Crippen molar-refractivity contribution in [1.29, 1.82) is 0 Å². The summed E-state index contributed by atoms with van der Waals surface area (Å²) in [6, 6.07) is 8.03. The van der Waals surface area contributed by atoms with E-state index in [0.29, 0.717) is 30.5 Å². The van der Waals surface area contributed by atoms with Crippen LogP contribution in [0.5, 0.6) is 0 Å². The molecule has 3 aromatic rings. The molecule has 1 aliphatic heterocycles. The van der Waals surface area contributed by atoms with Gasteiger partial charge in [-0.25, -0.2) is 4.98 Å². The smallest absolute Gasteiger partial charge is 0.274 e. The number of nitrogens with zero attached hydrogens (tertiary/aromatic N) is 6. The molecule has 1 aromatic carbocycles. The van der Waals surface area contributed by atoms with Gasteiger partial charge in [0.1, 0.15) is 5.69 Å². The van der Waals surface area contributed by atoms with Crippen molar-refractivity contribution in [2.24, 2.45) is 0 Å². The van der Waals surface area contributed by atoms with Gasteiger partial charge in [-0.3, -0.25) is 14.7 Å². The summed E-state index contributed by atoms with van der Waals surface area (Å²) in [5, 5.41) is 4.12. The van der Waals surface area contributed by atoms with E-state index in [1.165, 1.54) is 18.0 Å². The van der Waals surface area contributed by atoms with E-state index in [-0.39, 0.29) is 11.9 Å². The topological polar surface area (TPSA) is 88.3 Å². The predicted octanol–water partition coefficient (Wildman–Crippen LogP) is 2.35. The Hall–Kier alpha value is -3.13. The number of carbonyl (C=O) groups excluding carboxylic acids is 1.